The second kappa shape index (κ2) is 7.98. The molecule has 1 aliphatic rings. The van der Waals surface area contributed by atoms with Crippen LogP contribution in [-0.4, -0.2) is 41.2 Å². The van der Waals surface area contributed by atoms with Crippen LogP contribution in [0.1, 0.15) is 15.9 Å². The van der Waals surface area contributed by atoms with Crippen LogP contribution in [0.3, 0.4) is 0 Å². The molecular weight excluding hydrogens is 432 g/mol. The molecule has 2 aromatic carbocycles. The lowest BCUT2D eigenvalue weighted by atomic mass is 10.2. The summed E-state index contributed by atoms with van der Waals surface area (Å²) in [5.41, 5.74) is 1.54. The number of carboxylic acid groups (broad SMARTS) is 1. The maximum absolute atomic E-state index is 12.6. The Kier molecular flexibility index (Phi) is 5.67. The van der Waals surface area contributed by atoms with Crippen molar-refractivity contribution < 1.29 is 19.4 Å². The van der Waals surface area contributed by atoms with E-state index in [0.717, 1.165) is 10.0 Å². The standard InChI is InChI=1S/C19H15BrN2O4S/c1-22-17(23)16(10-12-9-13(20)5-8-15(12)26-2)27-19(22)21-14-6-3-11(4-7-14)18(24)25/h3-10H,1-2H3,(H,24,25)/b16-10-,21-19?. The van der Waals surface area contributed by atoms with E-state index in [0.29, 0.717) is 21.5 Å². The molecule has 1 aliphatic heterocycles. The third-order valence-corrected chi connectivity index (χ3v) is 5.37. The van der Waals surface area contributed by atoms with Crippen LogP contribution in [0.4, 0.5) is 5.69 Å². The van der Waals surface area contributed by atoms with Crippen LogP contribution in [0.15, 0.2) is 56.8 Å². The molecule has 0 unspecified atom stereocenters. The number of methoxy groups -OCH3 is 1. The first-order valence-corrected chi connectivity index (χ1v) is 9.43. The number of likely N-dealkylation sites (N-methyl/N-ethyl adjacent to an activating group) is 1. The average molecular weight is 447 g/mol. The number of hydrogen-bond donors (Lipinski definition) is 1. The number of halogens is 1. The summed E-state index contributed by atoms with van der Waals surface area (Å²) in [6.45, 7) is 0. The fourth-order valence-electron chi connectivity index (χ4n) is 2.40. The van der Waals surface area contributed by atoms with E-state index >= 15 is 0 Å². The fourth-order valence-corrected chi connectivity index (χ4v) is 3.76. The minimum absolute atomic E-state index is 0.164. The first-order chi connectivity index (χ1) is 12.9. The normalized spacial score (nSPS) is 17.0. The van der Waals surface area contributed by atoms with E-state index in [4.69, 9.17) is 9.84 Å². The molecule has 0 spiro atoms. The Bertz CT molecular complexity index is 970. The molecule has 1 saturated heterocycles. The van der Waals surface area contributed by atoms with Crippen molar-refractivity contribution in [2.45, 2.75) is 0 Å². The summed E-state index contributed by atoms with van der Waals surface area (Å²) in [6.07, 6.45) is 1.77. The Morgan fingerprint density at radius 2 is 1.96 bits per heavy atom. The highest BCUT2D eigenvalue weighted by atomic mass is 79.9. The lowest BCUT2D eigenvalue weighted by molar-refractivity contribution is -0.121. The summed E-state index contributed by atoms with van der Waals surface area (Å²) in [7, 11) is 3.23. The molecule has 1 amide bonds. The van der Waals surface area contributed by atoms with Crippen molar-refractivity contribution in [2.75, 3.05) is 14.2 Å². The van der Waals surface area contributed by atoms with Crippen molar-refractivity contribution in [3.63, 3.8) is 0 Å². The van der Waals surface area contributed by atoms with Crippen molar-refractivity contribution in [2.24, 2.45) is 4.99 Å². The van der Waals surface area contributed by atoms with Gasteiger partial charge in [0.05, 0.1) is 23.3 Å². The Morgan fingerprint density at radius 1 is 1.26 bits per heavy atom. The number of amides is 1. The zero-order valence-electron chi connectivity index (χ0n) is 14.5. The van der Waals surface area contributed by atoms with Gasteiger partial charge in [0.1, 0.15) is 5.75 Å². The first kappa shape index (κ1) is 19.2. The van der Waals surface area contributed by atoms with E-state index in [1.165, 1.54) is 28.8 Å². The van der Waals surface area contributed by atoms with E-state index in [1.807, 2.05) is 18.2 Å². The van der Waals surface area contributed by atoms with Crippen molar-refractivity contribution in [3.05, 3.63) is 63.0 Å². The minimum Gasteiger partial charge on any atom is -0.496 e. The van der Waals surface area contributed by atoms with Gasteiger partial charge in [-0.3, -0.25) is 9.69 Å². The topological polar surface area (TPSA) is 79.2 Å². The summed E-state index contributed by atoms with van der Waals surface area (Å²) < 4.78 is 6.23. The predicted octanol–water partition coefficient (Wildman–Crippen LogP) is 4.39. The van der Waals surface area contributed by atoms with Gasteiger partial charge >= 0.3 is 5.97 Å². The molecule has 0 radical (unpaired) electrons. The number of amidine groups is 1. The maximum atomic E-state index is 12.6. The quantitative estimate of drug-likeness (QED) is 0.704. The summed E-state index contributed by atoms with van der Waals surface area (Å²) in [6, 6.07) is 11.7. The van der Waals surface area contributed by atoms with E-state index < -0.39 is 5.97 Å². The molecule has 27 heavy (non-hydrogen) atoms. The zero-order chi connectivity index (χ0) is 19.6. The van der Waals surface area contributed by atoms with Gasteiger partial charge in [-0.05, 0) is 60.3 Å². The van der Waals surface area contributed by atoms with E-state index in [1.54, 1.807) is 32.4 Å². The largest absolute Gasteiger partial charge is 0.496 e. The molecule has 0 saturated carbocycles. The number of hydrogen-bond acceptors (Lipinski definition) is 5. The number of thioether (sulfide) groups is 1. The van der Waals surface area contributed by atoms with Gasteiger partial charge in [0.2, 0.25) is 0 Å². The molecule has 0 aliphatic carbocycles. The number of rotatable bonds is 4. The molecule has 6 nitrogen and oxygen atoms in total. The van der Waals surface area contributed by atoms with Crippen LogP contribution < -0.4 is 4.74 Å². The van der Waals surface area contributed by atoms with Crippen LogP contribution in [0.25, 0.3) is 6.08 Å². The lowest BCUT2D eigenvalue weighted by Crippen LogP contribution is -2.23. The highest BCUT2D eigenvalue weighted by Gasteiger charge is 2.30. The maximum Gasteiger partial charge on any atom is 0.335 e. The molecule has 0 aromatic heterocycles. The van der Waals surface area contributed by atoms with Gasteiger partial charge in [0, 0.05) is 17.1 Å². The predicted molar refractivity (Wildman–Crippen MR) is 110 cm³/mol. The Labute approximate surface area is 168 Å². The van der Waals surface area contributed by atoms with Crippen LogP contribution in [0.5, 0.6) is 5.75 Å². The van der Waals surface area contributed by atoms with Gasteiger partial charge in [0.25, 0.3) is 5.91 Å². The summed E-state index contributed by atoms with van der Waals surface area (Å²) >= 11 is 4.67. The fraction of sp³-hybridized carbons (Fsp3) is 0.105. The molecule has 1 heterocycles. The third kappa shape index (κ3) is 4.23. The number of nitrogens with zero attached hydrogens (tertiary/aromatic N) is 2. The number of aliphatic imine (C=N–C) groups is 1. The number of aromatic carboxylic acids is 1. The SMILES string of the molecule is COc1ccc(Br)cc1/C=C1\SC(=Nc2ccc(C(=O)O)cc2)N(C)C1=O. The van der Waals surface area contributed by atoms with Gasteiger partial charge in [-0.25, -0.2) is 9.79 Å². The molecule has 0 atom stereocenters. The second-order valence-electron chi connectivity index (χ2n) is 5.61. The molecule has 3 rings (SSSR count). The van der Waals surface area contributed by atoms with Crippen molar-refractivity contribution in [3.8, 4) is 5.75 Å². The van der Waals surface area contributed by atoms with Gasteiger partial charge in [-0.2, -0.15) is 0 Å². The zero-order valence-corrected chi connectivity index (χ0v) is 16.9. The molecule has 8 heteroatoms. The van der Waals surface area contributed by atoms with Gasteiger partial charge < -0.3 is 9.84 Å². The monoisotopic (exact) mass is 446 g/mol. The average Bonchev–Trinajstić information content (AvgIpc) is 2.90. The summed E-state index contributed by atoms with van der Waals surface area (Å²) in [5, 5.41) is 9.48. The third-order valence-electron chi connectivity index (χ3n) is 3.82. The Morgan fingerprint density at radius 3 is 2.59 bits per heavy atom. The number of carboxylic acids is 1. The van der Waals surface area contributed by atoms with Gasteiger partial charge in [-0.1, -0.05) is 15.9 Å². The van der Waals surface area contributed by atoms with Crippen LogP contribution in [0, 0.1) is 0 Å². The van der Waals surface area contributed by atoms with Gasteiger partial charge in [0.15, 0.2) is 5.17 Å². The van der Waals surface area contributed by atoms with E-state index in [9.17, 15) is 9.59 Å². The Balaban J connectivity index is 1.91. The molecular formula is C19H15BrN2O4S. The highest BCUT2D eigenvalue weighted by molar-refractivity contribution is 9.10. The van der Waals surface area contributed by atoms with Crippen LogP contribution >= 0.6 is 27.7 Å². The van der Waals surface area contributed by atoms with Crippen molar-refractivity contribution in [1.82, 2.24) is 4.90 Å². The van der Waals surface area contributed by atoms with Gasteiger partial charge in [-0.15, -0.1) is 0 Å². The highest BCUT2D eigenvalue weighted by Crippen LogP contribution is 2.35. The molecule has 2 aromatic rings. The number of carbonyl (C=O) groups is 2. The lowest BCUT2D eigenvalue weighted by Gasteiger charge is -2.07. The van der Waals surface area contributed by atoms with Crippen LogP contribution in [0.2, 0.25) is 0 Å². The molecule has 138 valence electrons. The summed E-state index contributed by atoms with van der Waals surface area (Å²) in [4.78, 5) is 29.9. The number of ether oxygens (including phenoxy) is 1. The first-order valence-electron chi connectivity index (χ1n) is 7.82. The minimum atomic E-state index is -0.995. The van der Waals surface area contributed by atoms with Crippen molar-refractivity contribution >= 4 is 56.5 Å². The Hall–Kier alpha value is -2.58. The van der Waals surface area contributed by atoms with E-state index in [-0.39, 0.29) is 11.5 Å². The molecule has 1 N–H and O–H groups in total. The number of carbonyl (C=O) groups excluding carboxylic acids is 1. The second-order valence-corrected chi connectivity index (χ2v) is 7.53. The molecule has 1 fully saturated rings. The summed E-state index contributed by atoms with van der Waals surface area (Å²) in [5.74, 6) is -0.496. The van der Waals surface area contributed by atoms with E-state index in [2.05, 4.69) is 20.9 Å². The number of benzene rings is 2. The van der Waals surface area contributed by atoms with Crippen LogP contribution in [-0.2, 0) is 4.79 Å². The molecule has 0 bridgehead atoms. The smallest absolute Gasteiger partial charge is 0.335 e. The van der Waals surface area contributed by atoms with Crippen molar-refractivity contribution in [1.29, 1.82) is 0 Å².